The van der Waals surface area contributed by atoms with Crippen LogP contribution in [0.4, 0.5) is 0 Å². The van der Waals surface area contributed by atoms with E-state index in [2.05, 4.69) is 15.1 Å². The third-order valence-electron chi connectivity index (χ3n) is 5.85. The molecule has 1 amide bonds. The molecule has 0 radical (unpaired) electrons. The summed E-state index contributed by atoms with van der Waals surface area (Å²) in [5.74, 6) is 1.26. The Morgan fingerprint density at radius 2 is 1.87 bits per heavy atom. The number of piperidine rings is 1. The molecule has 0 atom stereocenters. The van der Waals surface area contributed by atoms with Crippen LogP contribution in [-0.4, -0.2) is 48.6 Å². The minimum Gasteiger partial charge on any atom is -0.338 e. The summed E-state index contributed by atoms with van der Waals surface area (Å²) in [6.45, 7) is 12.2. The normalized spacial score (nSPS) is 15.0. The van der Waals surface area contributed by atoms with Crippen molar-refractivity contribution >= 4 is 17.2 Å². The van der Waals surface area contributed by atoms with Crippen molar-refractivity contribution in [3.05, 3.63) is 45.7 Å². The van der Waals surface area contributed by atoms with Crippen molar-refractivity contribution in [3.8, 4) is 10.6 Å². The first kappa shape index (κ1) is 20.7. The maximum absolute atomic E-state index is 13.1. The van der Waals surface area contributed by atoms with Gasteiger partial charge in [-0.1, -0.05) is 0 Å². The predicted molar refractivity (Wildman–Crippen MR) is 118 cm³/mol. The summed E-state index contributed by atoms with van der Waals surface area (Å²) in [4.78, 5) is 29.8. The van der Waals surface area contributed by atoms with Gasteiger partial charge in [0.1, 0.15) is 5.82 Å². The Kier molecular flexibility index (Phi) is 5.69. The van der Waals surface area contributed by atoms with E-state index in [9.17, 15) is 4.79 Å². The number of hydrogen-bond donors (Lipinski definition) is 0. The van der Waals surface area contributed by atoms with E-state index < -0.39 is 0 Å². The molecular formula is C22H28N6OS. The van der Waals surface area contributed by atoms with Crippen LogP contribution in [0.15, 0.2) is 12.3 Å². The third-order valence-corrected chi connectivity index (χ3v) is 7.19. The molecule has 4 rings (SSSR count). The van der Waals surface area contributed by atoms with Crippen LogP contribution in [0, 0.1) is 27.7 Å². The standard InChI is InChI=1S/C22H28N6OS/c1-6-28-15(4)19(13(2)26-28)22(29)27-11-8-17(9-12-27)21-24-14(3)20(30-21)18-7-10-23-16(5)25-18/h7,10,17H,6,8-9,11-12H2,1-5H3. The lowest BCUT2D eigenvalue weighted by atomic mass is 9.97. The molecular weight excluding hydrogens is 396 g/mol. The number of rotatable bonds is 4. The van der Waals surface area contributed by atoms with Crippen molar-refractivity contribution in [2.45, 2.75) is 59.9 Å². The van der Waals surface area contributed by atoms with Crippen molar-refractivity contribution in [2.75, 3.05) is 13.1 Å². The Labute approximate surface area is 181 Å². The number of likely N-dealkylation sites (tertiary alicyclic amines) is 1. The first-order valence-corrected chi connectivity index (χ1v) is 11.3. The van der Waals surface area contributed by atoms with Crippen LogP contribution >= 0.6 is 11.3 Å². The van der Waals surface area contributed by atoms with Crippen LogP contribution in [-0.2, 0) is 6.54 Å². The van der Waals surface area contributed by atoms with E-state index in [-0.39, 0.29) is 5.91 Å². The highest BCUT2D eigenvalue weighted by Crippen LogP contribution is 2.37. The van der Waals surface area contributed by atoms with Gasteiger partial charge in [0, 0.05) is 37.4 Å². The number of aromatic nitrogens is 5. The topological polar surface area (TPSA) is 76.8 Å². The van der Waals surface area contributed by atoms with E-state index in [1.165, 1.54) is 0 Å². The molecule has 3 aromatic heterocycles. The van der Waals surface area contributed by atoms with E-state index in [1.54, 1.807) is 17.5 Å². The number of carbonyl (C=O) groups is 1. The summed E-state index contributed by atoms with van der Waals surface area (Å²) in [5.41, 5.74) is 4.51. The molecule has 1 aliphatic rings. The second-order valence-electron chi connectivity index (χ2n) is 7.88. The Bertz CT molecular complexity index is 1080. The number of thiazole rings is 1. The maximum atomic E-state index is 13.1. The van der Waals surface area contributed by atoms with Gasteiger partial charge < -0.3 is 4.90 Å². The van der Waals surface area contributed by atoms with E-state index in [0.29, 0.717) is 5.92 Å². The fourth-order valence-electron chi connectivity index (χ4n) is 4.21. The first-order chi connectivity index (χ1) is 14.4. The van der Waals surface area contributed by atoms with Gasteiger partial charge >= 0.3 is 0 Å². The van der Waals surface area contributed by atoms with Crippen LogP contribution in [0.3, 0.4) is 0 Å². The highest BCUT2D eigenvalue weighted by molar-refractivity contribution is 7.15. The van der Waals surface area contributed by atoms with Gasteiger partial charge in [-0.3, -0.25) is 9.48 Å². The molecule has 0 aromatic carbocycles. The molecule has 0 spiro atoms. The van der Waals surface area contributed by atoms with Gasteiger partial charge in [0.2, 0.25) is 0 Å². The van der Waals surface area contributed by atoms with Crippen molar-refractivity contribution in [1.82, 2.24) is 29.6 Å². The Hall–Kier alpha value is -2.61. The van der Waals surface area contributed by atoms with Crippen molar-refractivity contribution in [1.29, 1.82) is 0 Å². The van der Waals surface area contributed by atoms with Gasteiger partial charge in [-0.05, 0) is 53.5 Å². The molecule has 7 nitrogen and oxygen atoms in total. The Morgan fingerprint density at radius 3 is 2.50 bits per heavy atom. The molecule has 3 aromatic rings. The lowest BCUT2D eigenvalue weighted by molar-refractivity contribution is 0.0711. The zero-order chi connectivity index (χ0) is 21.4. The van der Waals surface area contributed by atoms with Gasteiger partial charge in [-0.2, -0.15) is 5.10 Å². The average molecular weight is 425 g/mol. The second kappa shape index (κ2) is 8.26. The number of nitrogens with zero attached hydrogens (tertiary/aromatic N) is 6. The minimum absolute atomic E-state index is 0.107. The second-order valence-corrected chi connectivity index (χ2v) is 8.91. The zero-order valence-electron chi connectivity index (χ0n) is 18.3. The van der Waals surface area contributed by atoms with Crippen LogP contribution in [0.25, 0.3) is 10.6 Å². The summed E-state index contributed by atoms with van der Waals surface area (Å²) in [5, 5.41) is 5.66. The van der Waals surface area contributed by atoms with E-state index in [4.69, 9.17) is 4.98 Å². The lowest BCUT2D eigenvalue weighted by Crippen LogP contribution is -2.38. The largest absolute Gasteiger partial charge is 0.338 e. The maximum Gasteiger partial charge on any atom is 0.257 e. The fourth-order valence-corrected chi connectivity index (χ4v) is 5.42. The Balaban J connectivity index is 1.47. The quantitative estimate of drug-likeness (QED) is 0.631. The van der Waals surface area contributed by atoms with Crippen LogP contribution in [0.1, 0.15) is 64.0 Å². The van der Waals surface area contributed by atoms with E-state index >= 15 is 0 Å². The number of carbonyl (C=O) groups excluding carboxylic acids is 1. The fraction of sp³-hybridized carbons (Fsp3) is 0.500. The molecule has 0 unspecified atom stereocenters. The molecule has 158 valence electrons. The van der Waals surface area contributed by atoms with E-state index in [0.717, 1.165) is 76.5 Å². The van der Waals surface area contributed by atoms with Gasteiger partial charge in [-0.15, -0.1) is 11.3 Å². The third kappa shape index (κ3) is 3.76. The Morgan fingerprint density at radius 1 is 1.13 bits per heavy atom. The monoisotopic (exact) mass is 424 g/mol. The SMILES string of the molecule is CCn1nc(C)c(C(=O)N2CCC(c3nc(C)c(-c4ccnc(C)n4)s3)CC2)c1C. The molecule has 0 N–H and O–H groups in total. The molecule has 1 saturated heterocycles. The zero-order valence-corrected chi connectivity index (χ0v) is 19.1. The van der Waals surface area contributed by atoms with Gasteiger partial charge in [0.05, 0.1) is 32.5 Å². The average Bonchev–Trinajstić information content (AvgIpc) is 3.26. The summed E-state index contributed by atoms with van der Waals surface area (Å²) in [7, 11) is 0. The van der Waals surface area contributed by atoms with Gasteiger partial charge in [0.25, 0.3) is 5.91 Å². The number of aryl methyl sites for hydroxylation is 4. The summed E-state index contributed by atoms with van der Waals surface area (Å²) < 4.78 is 1.91. The molecule has 0 bridgehead atoms. The minimum atomic E-state index is 0.107. The molecule has 0 saturated carbocycles. The van der Waals surface area contributed by atoms with Gasteiger partial charge in [0.15, 0.2) is 0 Å². The smallest absolute Gasteiger partial charge is 0.257 e. The summed E-state index contributed by atoms with van der Waals surface area (Å²) >= 11 is 1.73. The van der Waals surface area contributed by atoms with Crippen LogP contribution in [0.5, 0.6) is 0 Å². The molecule has 0 aliphatic carbocycles. The van der Waals surface area contributed by atoms with Crippen LogP contribution in [0.2, 0.25) is 0 Å². The van der Waals surface area contributed by atoms with E-state index in [1.807, 2.05) is 50.3 Å². The predicted octanol–water partition coefficient (Wildman–Crippen LogP) is 4.07. The van der Waals surface area contributed by atoms with Crippen molar-refractivity contribution < 1.29 is 4.79 Å². The van der Waals surface area contributed by atoms with Crippen molar-refractivity contribution in [3.63, 3.8) is 0 Å². The summed E-state index contributed by atoms with van der Waals surface area (Å²) in [6.07, 6.45) is 3.66. The van der Waals surface area contributed by atoms with Crippen molar-refractivity contribution in [2.24, 2.45) is 0 Å². The molecule has 8 heteroatoms. The number of amides is 1. The highest BCUT2D eigenvalue weighted by atomic mass is 32.1. The molecule has 1 fully saturated rings. The summed E-state index contributed by atoms with van der Waals surface area (Å²) in [6, 6.07) is 1.94. The molecule has 1 aliphatic heterocycles. The lowest BCUT2D eigenvalue weighted by Gasteiger charge is -2.31. The number of hydrogen-bond acceptors (Lipinski definition) is 6. The first-order valence-electron chi connectivity index (χ1n) is 10.5. The van der Waals surface area contributed by atoms with Gasteiger partial charge in [-0.25, -0.2) is 15.0 Å². The highest BCUT2D eigenvalue weighted by Gasteiger charge is 2.29. The molecule has 4 heterocycles. The molecule has 30 heavy (non-hydrogen) atoms. The van der Waals surface area contributed by atoms with Crippen LogP contribution < -0.4 is 0 Å².